The average Bonchev–Trinajstić information content (AvgIpc) is 3.76. The fourth-order valence-corrected chi connectivity index (χ4v) is 10.0. The molecule has 9 rings (SSSR count). The van der Waals surface area contributed by atoms with Crippen LogP contribution in [0.15, 0.2) is 48.8 Å². The quantitative estimate of drug-likeness (QED) is 0.297. The van der Waals surface area contributed by atoms with Crippen LogP contribution < -0.4 is 25.2 Å². The molecule has 16 heteroatoms. The molecular formula is C43H46ClN9O6. The van der Waals surface area contributed by atoms with E-state index in [9.17, 15) is 24.0 Å². The van der Waals surface area contributed by atoms with E-state index in [-0.39, 0.29) is 36.3 Å². The number of carbonyl (C=O) groups is 5. The van der Waals surface area contributed by atoms with E-state index in [1.807, 2.05) is 6.07 Å². The van der Waals surface area contributed by atoms with Gasteiger partial charge in [0.25, 0.3) is 17.7 Å². The molecule has 1 atom stereocenters. The molecule has 3 aromatic rings. The molecule has 5 fully saturated rings. The number of nitrogens with zero attached hydrogens (tertiary/aromatic N) is 7. The molecule has 2 aromatic carbocycles. The highest BCUT2D eigenvalue weighted by Crippen LogP contribution is 2.43. The second-order valence-electron chi connectivity index (χ2n) is 17.0. The molecule has 2 N–H and O–H groups in total. The SMILES string of the molecule is N#Cc1ccc(O[C@H]2CC[C@H](NC(=O)c3cnc(N4CCC(CN5CCC6(C5)CN(c5ccc7c(c5)C(=O)N(C5CCC(=O)NC5=O)C7=O)C6)CC4)cn3)CC2)cc1Cl. The molecule has 1 aromatic heterocycles. The molecule has 59 heavy (non-hydrogen) atoms. The Bertz CT molecular complexity index is 2220. The Labute approximate surface area is 347 Å². The van der Waals surface area contributed by atoms with Gasteiger partial charge >= 0.3 is 0 Å². The standard InChI is InChI=1S/C43H46ClN9O6/c44-34-18-31(5-1-27(34)19-45)59-30-6-2-28(3-7-30)48-39(55)35-20-47-37(21-46-35)51-14-11-26(12-15-51)22-50-16-13-43(23-50)24-52(25-43)29-4-8-32-33(17-29)42(58)53(41(32)57)36-9-10-38(54)49-40(36)56/h1,4-5,8,17-18,20-21,26,28,30,36H,2-3,6-7,9-16,22-25H2,(H,48,55)(H,49,54,56)/t28-,30-,36?. The minimum absolute atomic E-state index is 0.0217. The molecule has 15 nitrogen and oxygen atoms in total. The van der Waals surface area contributed by atoms with Gasteiger partial charge in [-0.05, 0) is 94.2 Å². The van der Waals surface area contributed by atoms with E-state index in [0.29, 0.717) is 39.1 Å². The van der Waals surface area contributed by atoms with Gasteiger partial charge in [0.15, 0.2) is 0 Å². The number of fused-ring (bicyclic) bond motifs is 1. The first-order valence-electron chi connectivity index (χ1n) is 20.6. The van der Waals surface area contributed by atoms with Crippen molar-refractivity contribution in [2.75, 3.05) is 55.6 Å². The van der Waals surface area contributed by atoms with Crippen molar-refractivity contribution in [2.45, 2.75) is 76.0 Å². The van der Waals surface area contributed by atoms with Gasteiger partial charge < -0.3 is 24.8 Å². The highest BCUT2D eigenvalue weighted by molar-refractivity contribution is 6.31. The highest BCUT2D eigenvalue weighted by Gasteiger charge is 2.49. The van der Waals surface area contributed by atoms with Gasteiger partial charge in [0.2, 0.25) is 11.8 Å². The number of imide groups is 2. The van der Waals surface area contributed by atoms with Crippen LogP contribution in [0.25, 0.3) is 0 Å². The maximum absolute atomic E-state index is 13.3. The number of hydrogen-bond donors (Lipinski definition) is 2. The van der Waals surface area contributed by atoms with E-state index >= 15 is 0 Å². The van der Waals surface area contributed by atoms with E-state index in [2.05, 4.69) is 41.4 Å². The number of hydrogen-bond acceptors (Lipinski definition) is 12. The fraction of sp³-hybridized carbons (Fsp3) is 0.488. The number of nitriles is 1. The molecule has 6 aliphatic rings. The minimum atomic E-state index is -0.970. The second kappa shape index (κ2) is 15.9. The number of piperidine rings is 2. The Morgan fingerprint density at radius 2 is 1.68 bits per heavy atom. The van der Waals surface area contributed by atoms with Gasteiger partial charge in [-0.3, -0.25) is 34.2 Å². The lowest BCUT2D eigenvalue weighted by Gasteiger charge is -2.49. The number of aromatic nitrogens is 2. The van der Waals surface area contributed by atoms with Crippen molar-refractivity contribution in [3.05, 3.63) is 76.2 Å². The van der Waals surface area contributed by atoms with Crippen LogP contribution in [0.2, 0.25) is 5.02 Å². The van der Waals surface area contributed by atoms with Crippen molar-refractivity contribution in [1.82, 2.24) is 30.4 Å². The van der Waals surface area contributed by atoms with Gasteiger partial charge in [0.1, 0.15) is 29.4 Å². The summed E-state index contributed by atoms with van der Waals surface area (Å²) in [6, 6.07) is 11.6. The van der Waals surface area contributed by atoms with Crippen molar-refractivity contribution in [3.8, 4) is 11.8 Å². The first-order chi connectivity index (χ1) is 28.5. The number of anilines is 2. The fourth-order valence-electron chi connectivity index (χ4n) is 9.79. The molecule has 0 bridgehead atoms. The number of ether oxygens (including phenoxy) is 1. The van der Waals surface area contributed by atoms with Crippen molar-refractivity contribution in [2.24, 2.45) is 11.3 Å². The van der Waals surface area contributed by atoms with Crippen LogP contribution in [-0.4, -0.2) is 113 Å². The third kappa shape index (κ3) is 7.83. The summed E-state index contributed by atoms with van der Waals surface area (Å²) in [7, 11) is 0. The van der Waals surface area contributed by atoms with E-state index in [4.69, 9.17) is 21.6 Å². The van der Waals surface area contributed by atoms with Crippen LogP contribution >= 0.6 is 11.6 Å². The normalized spacial score (nSPS) is 24.5. The molecule has 6 heterocycles. The third-order valence-corrected chi connectivity index (χ3v) is 13.4. The highest BCUT2D eigenvalue weighted by atomic mass is 35.5. The number of rotatable bonds is 9. The summed E-state index contributed by atoms with van der Waals surface area (Å²) < 4.78 is 6.08. The molecule has 1 saturated carbocycles. The Morgan fingerprint density at radius 1 is 0.898 bits per heavy atom. The maximum atomic E-state index is 13.3. The van der Waals surface area contributed by atoms with Crippen molar-refractivity contribution in [3.63, 3.8) is 0 Å². The Morgan fingerprint density at radius 3 is 2.39 bits per heavy atom. The van der Waals surface area contributed by atoms with Crippen LogP contribution in [0.3, 0.4) is 0 Å². The van der Waals surface area contributed by atoms with E-state index < -0.39 is 29.7 Å². The molecule has 4 saturated heterocycles. The van der Waals surface area contributed by atoms with Crippen LogP contribution in [0.1, 0.15) is 94.6 Å². The van der Waals surface area contributed by atoms with Crippen LogP contribution in [0.5, 0.6) is 5.75 Å². The lowest BCUT2D eigenvalue weighted by Crippen LogP contribution is -2.58. The van der Waals surface area contributed by atoms with Gasteiger partial charge in [0, 0.05) is 68.9 Å². The maximum Gasteiger partial charge on any atom is 0.271 e. The van der Waals surface area contributed by atoms with Crippen LogP contribution in [0.4, 0.5) is 11.5 Å². The number of benzene rings is 2. The number of likely N-dealkylation sites (tertiary alicyclic amines) is 1. The summed E-state index contributed by atoms with van der Waals surface area (Å²) in [6.45, 7) is 6.71. The Kier molecular flexibility index (Phi) is 10.5. The number of carbonyl (C=O) groups excluding carboxylic acids is 5. The van der Waals surface area contributed by atoms with Crippen molar-refractivity contribution in [1.29, 1.82) is 5.26 Å². The zero-order valence-electron chi connectivity index (χ0n) is 32.7. The molecule has 306 valence electrons. The predicted molar refractivity (Wildman–Crippen MR) is 216 cm³/mol. The molecular weight excluding hydrogens is 774 g/mol. The zero-order chi connectivity index (χ0) is 40.8. The molecule has 0 radical (unpaired) electrons. The van der Waals surface area contributed by atoms with Gasteiger partial charge in [-0.1, -0.05) is 11.6 Å². The molecule has 5 amide bonds. The van der Waals surface area contributed by atoms with E-state index in [0.717, 1.165) is 107 Å². The number of amides is 5. The van der Waals surface area contributed by atoms with Crippen LogP contribution in [-0.2, 0) is 9.59 Å². The number of nitrogens with one attached hydrogen (secondary N) is 2. The summed E-state index contributed by atoms with van der Waals surface area (Å²) in [4.78, 5) is 80.8. The Hall–Kier alpha value is -5.59. The smallest absolute Gasteiger partial charge is 0.271 e. The van der Waals surface area contributed by atoms with E-state index in [1.165, 1.54) is 0 Å². The lowest BCUT2D eigenvalue weighted by atomic mass is 9.78. The van der Waals surface area contributed by atoms with E-state index in [1.54, 1.807) is 42.7 Å². The lowest BCUT2D eigenvalue weighted by molar-refractivity contribution is -0.136. The van der Waals surface area contributed by atoms with Gasteiger partial charge in [-0.15, -0.1) is 0 Å². The molecule has 1 unspecified atom stereocenters. The minimum Gasteiger partial charge on any atom is -0.490 e. The number of halogens is 1. The summed E-state index contributed by atoms with van der Waals surface area (Å²) in [6.07, 6.45) is 9.93. The largest absolute Gasteiger partial charge is 0.490 e. The first kappa shape index (κ1) is 38.9. The van der Waals surface area contributed by atoms with Crippen LogP contribution in [0, 0.1) is 22.7 Å². The zero-order valence-corrected chi connectivity index (χ0v) is 33.5. The summed E-state index contributed by atoms with van der Waals surface area (Å²) in [5, 5.41) is 14.8. The van der Waals surface area contributed by atoms with Gasteiger partial charge in [-0.25, -0.2) is 9.97 Å². The molecule has 1 spiro atoms. The predicted octanol–water partition coefficient (Wildman–Crippen LogP) is 3.95. The molecule has 1 aliphatic carbocycles. The molecule has 5 aliphatic heterocycles. The average molecular weight is 820 g/mol. The summed E-state index contributed by atoms with van der Waals surface area (Å²) in [5.74, 6) is -0.161. The first-order valence-corrected chi connectivity index (χ1v) is 21.0. The van der Waals surface area contributed by atoms with Crippen molar-refractivity contribution >= 4 is 52.6 Å². The summed E-state index contributed by atoms with van der Waals surface area (Å²) >= 11 is 6.15. The topological polar surface area (TPSA) is 181 Å². The van der Waals surface area contributed by atoms with Crippen molar-refractivity contribution < 1.29 is 28.7 Å². The second-order valence-corrected chi connectivity index (χ2v) is 17.4. The third-order valence-electron chi connectivity index (χ3n) is 13.1. The monoisotopic (exact) mass is 819 g/mol. The van der Waals surface area contributed by atoms with Gasteiger partial charge in [-0.2, -0.15) is 5.26 Å². The van der Waals surface area contributed by atoms with Gasteiger partial charge in [0.05, 0.1) is 40.2 Å². The Balaban J connectivity index is 0.697. The summed E-state index contributed by atoms with van der Waals surface area (Å²) in [5.41, 5.74) is 2.45.